The molecule has 4 rings (SSSR count). The molecule has 28 heavy (non-hydrogen) atoms. The van der Waals surface area contributed by atoms with Crippen LogP contribution in [0.1, 0.15) is 35.3 Å². The van der Waals surface area contributed by atoms with Gasteiger partial charge in [0.2, 0.25) is 0 Å². The highest BCUT2D eigenvalue weighted by molar-refractivity contribution is 5.94. The maximum Gasteiger partial charge on any atom is 0.328 e. The van der Waals surface area contributed by atoms with Gasteiger partial charge < -0.3 is 14.2 Å². The molecule has 0 bridgehead atoms. The molecule has 3 heterocycles. The molecule has 0 spiro atoms. The molecule has 0 amide bonds. The van der Waals surface area contributed by atoms with Gasteiger partial charge in [0.25, 0.3) is 0 Å². The molecule has 0 N–H and O–H groups in total. The van der Waals surface area contributed by atoms with E-state index in [1.807, 2.05) is 20.0 Å². The van der Waals surface area contributed by atoms with Gasteiger partial charge in [0, 0.05) is 25.0 Å². The van der Waals surface area contributed by atoms with Crippen molar-refractivity contribution >= 4 is 35.1 Å². The summed E-state index contributed by atoms with van der Waals surface area (Å²) < 4.78 is 7.10. The first-order chi connectivity index (χ1) is 13.0. The second kappa shape index (κ2) is 7.84. The SMILES string of the molecule is COC(=O)C(C)n1c(C)c(C)c2nccc(N3CCc4ccccc4C3)c21.Cl. The lowest BCUT2D eigenvalue weighted by atomic mass is 9.99. The predicted octanol–water partition coefficient (Wildman–Crippen LogP) is 4.37. The number of carbonyl (C=O) groups excluding carboxylic acids is 1. The number of fused-ring (bicyclic) bond motifs is 2. The molecule has 1 aromatic carbocycles. The summed E-state index contributed by atoms with van der Waals surface area (Å²) >= 11 is 0. The van der Waals surface area contributed by atoms with Gasteiger partial charge in [-0.25, -0.2) is 4.79 Å². The predicted molar refractivity (Wildman–Crippen MR) is 114 cm³/mol. The minimum Gasteiger partial charge on any atom is -0.467 e. The third-order valence-electron chi connectivity index (χ3n) is 5.80. The average Bonchev–Trinajstić information content (AvgIpc) is 2.97. The number of hydrogen-bond acceptors (Lipinski definition) is 4. The summed E-state index contributed by atoms with van der Waals surface area (Å²) in [5.74, 6) is -0.242. The van der Waals surface area contributed by atoms with Crippen molar-refractivity contribution in [1.29, 1.82) is 0 Å². The Bertz CT molecular complexity index is 1030. The van der Waals surface area contributed by atoms with Gasteiger partial charge in [0.1, 0.15) is 6.04 Å². The number of anilines is 1. The molecule has 0 fully saturated rings. The minimum atomic E-state index is -0.397. The van der Waals surface area contributed by atoms with Gasteiger partial charge in [-0.3, -0.25) is 4.98 Å². The topological polar surface area (TPSA) is 47.4 Å². The van der Waals surface area contributed by atoms with Crippen LogP contribution in [-0.4, -0.2) is 29.2 Å². The van der Waals surface area contributed by atoms with Crippen molar-refractivity contribution in [2.75, 3.05) is 18.6 Å². The lowest BCUT2D eigenvalue weighted by Gasteiger charge is -2.32. The van der Waals surface area contributed by atoms with Crippen LogP contribution in [-0.2, 0) is 22.5 Å². The molecule has 2 aromatic heterocycles. The van der Waals surface area contributed by atoms with Crippen molar-refractivity contribution in [3.63, 3.8) is 0 Å². The molecule has 0 saturated heterocycles. The summed E-state index contributed by atoms with van der Waals surface area (Å²) in [5, 5.41) is 0. The van der Waals surface area contributed by atoms with Gasteiger partial charge in [0.05, 0.1) is 23.8 Å². The fourth-order valence-corrected chi connectivity index (χ4v) is 4.19. The van der Waals surface area contributed by atoms with Crippen molar-refractivity contribution < 1.29 is 9.53 Å². The van der Waals surface area contributed by atoms with E-state index in [9.17, 15) is 4.79 Å². The van der Waals surface area contributed by atoms with Gasteiger partial charge >= 0.3 is 5.97 Å². The van der Waals surface area contributed by atoms with E-state index in [-0.39, 0.29) is 18.4 Å². The summed E-state index contributed by atoms with van der Waals surface area (Å²) in [5.41, 5.74) is 8.05. The molecule has 1 aliphatic rings. The zero-order valence-electron chi connectivity index (χ0n) is 16.7. The third-order valence-corrected chi connectivity index (χ3v) is 5.80. The van der Waals surface area contributed by atoms with E-state index < -0.39 is 6.04 Å². The number of methoxy groups -OCH3 is 1. The van der Waals surface area contributed by atoms with Crippen LogP contribution in [0, 0.1) is 13.8 Å². The number of esters is 1. The number of ether oxygens (including phenoxy) is 1. The van der Waals surface area contributed by atoms with E-state index in [4.69, 9.17) is 4.74 Å². The third kappa shape index (κ3) is 3.14. The van der Waals surface area contributed by atoms with Crippen molar-refractivity contribution in [1.82, 2.24) is 9.55 Å². The highest BCUT2D eigenvalue weighted by atomic mass is 35.5. The molecule has 0 aliphatic carbocycles. The van der Waals surface area contributed by atoms with Crippen LogP contribution in [0.15, 0.2) is 36.5 Å². The number of carbonyl (C=O) groups is 1. The summed E-state index contributed by atoms with van der Waals surface area (Å²) in [4.78, 5) is 19.3. The highest BCUT2D eigenvalue weighted by Crippen LogP contribution is 2.36. The van der Waals surface area contributed by atoms with Gasteiger partial charge in [0.15, 0.2) is 0 Å². The number of nitrogens with zero attached hydrogens (tertiary/aromatic N) is 3. The Morgan fingerprint density at radius 3 is 2.61 bits per heavy atom. The lowest BCUT2D eigenvalue weighted by molar-refractivity contribution is -0.143. The number of aromatic nitrogens is 2. The molecular formula is C22H26ClN3O2. The number of aryl methyl sites for hydroxylation is 1. The Morgan fingerprint density at radius 1 is 1.18 bits per heavy atom. The quantitative estimate of drug-likeness (QED) is 0.613. The molecule has 0 saturated carbocycles. The van der Waals surface area contributed by atoms with Crippen molar-refractivity contribution in [2.24, 2.45) is 0 Å². The smallest absolute Gasteiger partial charge is 0.328 e. The summed E-state index contributed by atoms with van der Waals surface area (Å²) in [6.07, 6.45) is 2.89. The van der Waals surface area contributed by atoms with Gasteiger partial charge in [-0.1, -0.05) is 24.3 Å². The van der Waals surface area contributed by atoms with E-state index in [0.717, 1.165) is 47.5 Å². The molecule has 6 heteroatoms. The van der Waals surface area contributed by atoms with Crippen LogP contribution >= 0.6 is 12.4 Å². The Hall–Kier alpha value is -2.53. The molecule has 1 aliphatic heterocycles. The second-order valence-electron chi connectivity index (χ2n) is 7.25. The Morgan fingerprint density at radius 2 is 1.89 bits per heavy atom. The minimum absolute atomic E-state index is 0. The van der Waals surface area contributed by atoms with E-state index in [1.165, 1.54) is 18.2 Å². The standard InChI is InChI=1S/C22H25N3O2.ClH/c1-14-15(2)25(16(3)22(26)27-4)21-19(9-11-23-20(14)21)24-12-10-17-7-5-6-8-18(17)13-24;/h5-9,11,16H,10,12-13H2,1-4H3;1H. The summed E-state index contributed by atoms with van der Waals surface area (Å²) in [7, 11) is 1.44. The molecule has 1 atom stereocenters. The van der Waals surface area contributed by atoms with E-state index >= 15 is 0 Å². The Labute approximate surface area is 171 Å². The summed E-state index contributed by atoms with van der Waals surface area (Å²) in [6, 6.07) is 10.3. The Balaban J connectivity index is 0.00000225. The molecule has 148 valence electrons. The molecule has 1 unspecified atom stereocenters. The zero-order valence-corrected chi connectivity index (χ0v) is 17.5. The first-order valence-electron chi connectivity index (χ1n) is 9.38. The van der Waals surface area contributed by atoms with Crippen LogP contribution in [0.4, 0.5) is 5.69 Å². The van der Waals surface area contributed by atoms with Crippen LogP contribution in [0.2, 0.25) is 0 Å². The average molecular weight is 400 g/mol. The summed E-state index contributed by atoms with van der Waals surface area (Å²) in [6.45, 7) is 7.82. The number of halogens is 1. The number of pyridine rings is 1. The fourth-order valence-electron chi connectivity index (χ4n) is 4.19. The first-order valence-corrected chi connectivity index (χ1v) is 9.38. The van der Waals surface area contributed by atoms with Crippen molar-refractivity contribution in [3.8, 4) is 0 Å². The Kier molecular flexibility index (Phi) is 5.66. The largest absolute Gasteiger partial charge is 0.467 e. The van der Waals surface area contributed by atoms with Gasteiger partial charge in [-0.15, -0.1) is 12.4 Å². The maximum atomic E-state index is 12.3. The molecule has 5 nitrogen and oxygen atoms in total. The van der Waals surface area contributed by atoms with Gasteiger partial charge in [-0.05, 0) is 49.9 Å². The van der Waals surface area contributed by atoms with Crippen LogP contribution < -0.4 is 4.90 Å². The number of benzene rings is 1. The van der Waals surface area contributed by atoms with Crippen molar-refractivity contribution in [2.45, 2.75) is 39.8 Å². The lowest BCUT2D eigenvalue weighted by Crippen LogP contribution is -2.31. The van der Waals surface area contributed by atoms with E-state index in [1.54, 1.807) is 0 Å². The molecule has 0 radical (unpaired) electrons. The normalized spacial score (nSPS) is 14.4. The molecule has 3 aromatic rings. The zero-order chi connectivity index (χ0) is 19.1. The number of hydrogen-bond donors (Lipinski definition) is 0. The van der Waals surface area contributed by atoms with Gasteiger partial charge in [-0.2, -0.15) is 0 Å². The first kappa shape index (κ1) is 20.2. The van der Waals surface area contributed by atoms with E-state index in [2.05, 4.69) is 51.7 Å². The van der Waals surface area contributed by atoms with Crippen LogP contribution in [0.3, 0.4) is 0 Å². The molecular weight excluding hydrogens is 374 g/mol. The number of rotatable bonds is 3. The monoisotopic (exact) mass is 399 g/mol. The van der Waals surface area contributed by atoms with Crippen LogP contribution in [0.5, 0.6) is 0 Å². The van der Waals surface area contributed by atoms with Crippen molar-refractivity contribution in [3.05, 3.63) is 58.9 Å². The van der Waals surface area contributed by atoms with E-state index in [0.29, 0.717) is 0 Å². The fraction of sp³-hybridized carbons (Fsp3) is 0.364. The van der Waals surface area contributed by atoms with Crippen LogP contribution in [0.25, 0.3) is 11.0 Å². The maximum absolute atomic E-state index is 12.3. The highest BCUT2D eigenvalue weighted by Gasteiger charge is 2.26. The second-order valence-corrected chi connectivity index (χ2v) is 7.25.